The van der Waals surface area contributed by atoms with Crippen LogP contribution in [0.1, 0.15) is 31.9 Å². The van der Waals surface area contributed by atoms with Crippen molar-refractivity contribution in [1.82, 2.24) is 10.2 Å². The van der Waals surface area contributed by atoms with Gasteiger partial charge < -0.3 is 10.1 Å². The van der Waals surface area contributed by atoms with Gasteiger partial charge in [-0.15, -0.1) is 0 Å². The normalized spacial score (nSPS) is 24.7. The molecule has 2 aliphatic heterocycles. The van der Waals surface area contributed by atoms with Crippen LogP contribution in [0.3, 0.4) is 0 Å². The molecular weight excluding hydrogens is 392 g/mol. The van der Waals surface area contributed by atoms with Crippen LogP contribution in [0.25, 0.3) is 0 Å². The first kappa shape index (κ1) is 19.7. The van der Waals surface area contributed by atoms with Crippen molar-refractivity contribution < 1.29 is 22.7 Å². The maximum absolute atomic E-state index is 12.8. The van der Waals surface area contributed by atoms with Crippen LogP contribution in [-0.4, -0.2) is 49.5 Å². The Bertz CT molecular complexity index is 912. The lowest BCUT2D eigenvalue weighted by Gasteiger charge is -2.38. The second kappa shape index (κ2) is 7.52. The van der Waals surface area contributed by atoms with E-state index in [1.807, 2.05) is 0 Å². The number of hydrogen-bond donors (Lipinski definition) is 1. The predicted molar refractivity (Wildman–Crippen MR) is 101 cm³/mol. The highest BCUT2D eigenvalue weighted by Gasteiger charge is 2.43. The van der Waals surface area contributed by atoms with E-state index in [0.29, 0.717) is 22.7 Å². The van der Waals surface area contributed by atoms with E-state index in [1.54, 1.807) is 38.1 Å². The molecule has 27 heavy (non-hydrogen) atoms. The van der Waals surface area contributed by atoms with E-state index >= 15 is 0 Å². The minimum atomic E-state index is -3.19. The highest BCUT2D eigenvalue weighted by atomic mass is 35.5. The number of carbonyl (C=O) groups excluding carboxylic acids is 2. The molecular formula is C18H21ClN2O5S. The van der Waals surface area contributed by atoms with E-state index in [9.17, 15) is 18.0 Å². The molecule has 1 saturated heterocycles. The summed E-state index contributed by atoms with van der Waals surface area (Å²) in [6, 6.07) is 5.21. The number of esters is 1. The molecule has 3 rings (SSSR count). The molecule has 1 fully saturated rings. The first-order valence-electron chi connectivity index (χ1n) is 8.67. The van der Waals surface area contributed by atoms with Crippen LogP contribution < -0.4 is 5.32 Å². The maximum Gasteiger partial charge on any atom is 0.338 e. The minimum absolute atomic E-state index is 0.0252. The van der Waals surface area contributed by atoms with Gasteiger partial charge in [-0.2, -0.15) is 0 Å². The molecule has 0 saturated carbocycles. The number of sulfone groups is 1. The Kier molecular flexibility index (Phi) is 5.48. The number of benzene rings is 1. The van der Waals surface area contributed by atoms with Gasteiger partial charge in [-0.05, 0) is 31.9 Å². The number of urea groups is 1. The van der Waals surface area contributed by atoms with Crippen LogP contribution in [0.4, 0.5) is 4.79 Å². The second-order valence-corrected chi connectivity index (χ2v) is 9.19. The summed E-state index contributed by atoms with van der Waals surface area (Å²) in [5, 5.41) is 3.21. The van der Waals surface area contributed by atoms with Crippen LogP contribution in [0.2, 0.25) is 5.02 Å². The zero-order valence-corrected chi connectivity index (χ0v) is 16.6. The zero-order chi connectivity index (χ0) is 19.8. The molecule has 2 amide bonds. The third-order valence-electron chi connectivity index (χ3n) is 4.81. The van der Waals surface area contributed by atoms with Crippen LogP contribution >= 0.6 is 11.6 Å². The lowest BCUT2D eigenvalue weighted by Crippen LogP contribution is -2.52. The Hall–Kier alpha value is -2.06. The van der Waals surface area contributed by atoms with Gasteiger partial charge in [-0.3, -0.25) is 4.90 Å². The third kappa shape index (κ3) is 3.82. The SMILES string of the molecule is CCOC(=O)C1=C(C)N([C@@H]2CCS(=O)(=O)C2)C(=O)N[C@@H]1c1ccccc1Cl. The third-order valence-corrected chi connectivity index (χ3v) is 6.91. The van der Waals surface area contributed by atoms with Crippen LogP contribution in [0, 0.1) is 0 Å². The van der Waals surface area contributed by atoms with Gasteiger partial charge in [0.25, 0.3) is 0 Å². The average molecular weight is 413 g/mol. The number of allylic oxidation sites excluding steroid dienone is 1. The Morgan fingerprint density at radius 2 is 2.07 bits per heavy atom. The van der Waals surface area contributed by atoms with Gasteiger partial charge in [-0.1, -0.05) is 29.8 Å². The average Bonchev–Trinajstić information content (AvgIpc) is 2.94. The van der Waals surface area contributed by atoms with Gasteiger partial charge in [0, 0.05) is 10.7 Å². The van der Waals surface area contributed by atoms with Gasteiger partial charge in [0.05, 0.1) is 35.8 Å². The number of carbonyl (C=O) groups is 2. The van der Waals surface area contributed by atoms with Crippen molar-refractivity contribution >= 4 is 33.4 Å². The number of amides is 2. The summed E-state index contributed by atoms with van der Waals surface area (Å²) < 4.78 is 28.9. The Balaban J connectivity index is 2.08. The topological polar surface area (TPSA) is 92.8 Å². The van der Waals surface area contributed by atoms with E-state index < -0.39 is 33.9 Å². The van der Waals surface area contributed by atoms with Crippen molar-refractivity contribution in [3.8, 4) is 0 Å². The quantitative estimate of drug-likeness (QED) is 0.766. The number of hydrogen-bond acceptors (Lipinski definition) is 5. The standard InChI is InChI=1S/C18H21ClN2O5S/c1-3-26-17(22)15-11(2)21(12-8-9-27(24,25)10-12)18(23)20-16(15)13-6-4-5-7-14(13)19/h4-7,12,16H,3,8-10H2,1-2H3,(H,20,23)/t12-,16-/m1/s1. The number of halogens is 1. The fraction of sp³-hybridized carbons (Fsp3) is 0.444. The first-order valence-corrected chi connectivity index (χ1v) is 10.9. The summed E-state index contributed by atoms with van der Waals surface area (Å²) in [5.74, 6) is -0.659. The molecule has 0 unspecified atom stereocenters. The monoisotopic (exact) mass is 412 g/mol. The summed E-state index contributed by atoms with van der Waals surface area (Å²) in [5.41, 5.74) is 1.23. The van der Waals surface area contributed by atoms with Crippen LogP contribution in [0.5, 0.6) is 0 Å². The molecule has 1 N–H and O–H groups in total. The van der Waals surface area contributed by atoms with Crippen molar-refractivity contribution in [2.75, 3.05) is 18.1 Å². The highest BCUT2D eigenvalue weighted by molar-refractivity contribution is 7.91. The van der Waals surface area contributed by atoms with Crippen molar-refractivity contribution in [3.05, 3.63) is 46.1 Å². The van der Waals surface area contributed by atoms with Gasteiger partial charge in [0.2, 0.25) is 0 Å². The second-order valence-electron chi connectivity index (χ2n) is 6.55. The molecule has 9 heteroatoms. The van der Waals surface area contributed by atoms with Gasteiger partial charge in [0.1, 0.15) is 0 Å². The molecule has 0 bridgehead atoms. The maximum atomic E-state index is 12.8. The molecule has 1 aromatic rings. The molecule has 146 valence electrons. The summed E-state index contributed by atoms with van der Waals surface area (Å²) >= 11 is 6.28. The van der Waals surface area contributed by atoms with Gasteiger partial charge >= 0.3 is 12.0 Å². The van der Waals surface area contributed by atoms with Crippen molar-refractivity contribution in [2.24, 2.45) is 0 Å². The summed E-state index contributed by atoms with van der Waals surface area (Å²) in [6.07, 6.45) is 0.333. The summed E-state index contributed by atoms with van der Waals surface area (Å²) in [6.45, 7) is 3.51. The number of nitrogens with one attached hydrogen (secondary N) is 1. The summed E-state index contributed by atoms with van der Waals surface area (Å²) in [7, 11) is -3.19. The zero-order valence-electron chi connectivity index (χ0n) is 15.1. The fourth-order valence-electron chi connectivity index (χ4n) is 3.59. The molecule has 2 atom stereocenters. The van der Waals surface area contributed by atoms with E-state index in [1.165, 1.54) is 4.90 Å². The number of nitrogens with zero attached hydrogens (tertiary/aromatic N) is 1. The first-order chi connectivity index (χ1) is 12.7. The van der Waals surface area contributed by atoms with E-state index in [4.69, 9.17) is 16.3 Å². The van der Waals surface area contributed by atoms with Crippen LogP contribution in [0.15, 0.2) is 35.5 Å². The van der Waals surface area contributed by atoms with E-state index in [0.717, 1.165) is 0 Å². The molecule has 2 aliphatic rings. The Morgan fingerprint density at radius 1 is 1.37 bits per heavy atom. The molecule has 1 aromatic carbocycles. The lowest BCUT2D eigenvalue weighted by molar-refractivity contribution is -0.139. The Labute approximate surface area is 163 Å². The van der Waals surface area contributed by atoms with Crippen molar-refractivity contribution in [1.29, 1.82) is 0 Å². The smallest absolute Gasteiger partial charge is 0.338 e. The fourth-order valence-corrected chi connectivity index (χ4v) is 5.54. The minimum Gasteiger partial charge on any atom is -0.463 e. The van der Waals surface area contributed by atoms with Gasteiger partial charge in [-0.25, -0.2) is 18.0 Å². The molecule has 2 heterocycles. The lowest BCUT2D eigenvalue weighted by atomic mass is 9.94. The number of ether oxygens (including phenoxy) is 1. The van der Waals surface area contributed by atoms with Gasteiger partial charge in [0.15, 0.2) is 9.84 Å². The molecule has 0 aliphatic carbocycles. The predicted octanol–water partition coefficient (Wildman–Crippen LogP) is 2.43. The van der Waals surface area contributed by atoms with E-state index in [2.05, 4.69) is 5.32 Å². The van der Waals surface area contributed by atoms with E-state index in [-0.39, 0.29) is 23.7 Å². The van der Waals surface area contributed by atoms with Crippen LogP contribution in [-0.2, 0) is 19.4 Å². The molecule has 0 radical (unpaired) electrons. The Morgan fingerprint density at radius 3 is 2.67 bits per heavy atom. The number of rotatable bonds is 4. The van der Waals surface area contributed by atoms with Crippen molar-refractivity contribution in [3.63, 3.8) is 0 Å². The van der Waals surface area contributed by atoms with Crippen molar-refractivity contribution in [2.45, 2.75) is 32.4 Å². The molecule has 7 nitrogen and oxygen atoms in total. The largest absolute Gasteiger partial charge is 0.463 e. The molecule has 0 spiro atoms. The highest BCUT2D eigenvalue weighted by Crippen LogP contribution is 2.36. The molecule has 0 aromatic heterocycles. The summed E-state index contributed by atoms with van der Waals surface area (Å²) in [4.78, 5) is 26.9.